The van der Waals surface area contributed by atoms with E-state index in [2.05, 4.69) is 24.9 Å². The Labute approximate surface area is 170 Å². The summed E-state index contributed by atoms with van der Waals surface area (Å²) < 4.78 is 42.4. The standard InChI is InChI=1S/C17H14FN5O4S2/c1-17(24,15-23-22-14(27-15)8-20-29(25)26)16-21-11-4-2-9(6-12(11)28-16)10-3-5-13(18)19-7-10/h2-7,20,24H,8H2,1H3,(H,25,26)/p-1. The lowest BCUT2D eigenvalue weighted by Crippen LogP contribution is -2.23. The molecule has 2 unspecified atom stereocenters. The van der Waals surface area contributed by atoms with Crippen molar-refractivity contribution < 1.29 is 22.7 Å². The largest absolute Gasteiger partial charge is 0.760 e. The minimum atomic E-state index is -2.47. The SMILES string of the molecule is CC(O)(c1nnc(CNS(=O)[O-])o1)c1nc2ccc(-c3ccc(F)nc3)cc2s1. The highest BCUT2D eigenvalue weighted by atomic mass is 32.2. The van der Waals surface area contributed by atoms with E-state index in [0.29, 0.717) is 10.5 Å². The summed E-state index contributed by atoms with van der Waals surface area (Å²) in [4.78, 5) is 8.10. The predicted octanol–water partition coefficient (Wildman–Crippen LogP) is 2.02. The van der Waals surface area contributed by atoms with Gasteiger partial charge in [-0.05, 0) is 36.8 Å². The lowest BCUT2D eigenvalue weighted by Gasteiger charge is -2.15. The van der Waals surface area contributed by atoms with E-state index in [1.165, 1.54) is 30.5 Å². The molecule has 0 fully saturated rings. The number of halogens is 1. The molecule has 3 heterocycles. The van der Waals surface area contributed by atoms with Crippen molar-refractivity contribution in [2.24, 2.45) is 0 Å². The molecule has 0 aliphatic heterocycles. The molecule has 0 radical (unpaired) electrons. The summed E-state index contributed by atoms with van der Waals surface area (Å²) in [5, 5.41) is 18.8. The van der Waals surface area contributed by atoms with Gasteiger partial charge < -0.3 is 14.1 Å². The number of rotatable bonds is 6. The van der Waals surface area contributed by atoms with Crippen molar-refractivity contribution in [3.63, 3.8) is 0 Å². The van der Waals surface area contributed by atoms with Crippen LogP contribution in [0.4, 0.5) is 4.39 Å². The van der Waals surface area contributed by atoms with E-state index in [-0.39, 0.29) is 18.3 Å². The molecule has 0 spiro atoms. The second-order valence-electron chi connectivity index (χ2n) is 6.20. The fourth-order valence-corrected chi connectivity index (χ4v) is 3.88. The summed E-state index contributed by atoms with van der Waals surface area (Å²) in [6.07, 6.45) is 1.44. The maximum absolute atomic E-state index is 13.0. The third-order valence-electron chi connectivity index (χ3n) is 4.09. The molecule has 0 aliphatic rings. The molecule has 12 heteroatoms. The van der Waals surface area contributed by atoms with E-state index in [9.17, 15) is 18.3 Å². The molecule has 0 saturated heterocycles. The fourth-order valence-electron chi connectivity index (χ4n) is 2.59. The Hall–Kier alpha value is -2.64. The molecule has 2 N–H and O–H groups in total. The highest BCUT2D eigenvalue weighted by molar-refractivity contribution is 7.77. The van der Waals surface area contributed by atoms with Gasteiger partial charge in [-0.25, -0.2) is 14.7 Å². The van der Waals surface area contributed by atoms with Crippen LogP contribution in [0.1, 0.15) is 23.7 Å². The van der Waals surface area contributed by atoms with E-state index in [4.69, 9.17) is 4.42 Å². The Bertz CT molecular complexity index is 1190. The van der Waals surface area contributed by atoms with E-state index < -0.39 is 22.8 Å². The van der Waals surface area contributed by atoms with Gasteiger partial charge in [0.25, 0.3) is 5.89 Å². The van der Waals surface area contributed by atoms with E-state index in [0.717, 1.165) is 15.8 Å². The number of thiazole rings is 1. The second-order valence-corrected chi connectivity index (χ2v) is 7.99. The normalized spacial score (nSPS) is 14.8. The van der Waals surface area contributed by atoms with Crippen molar-refractivity contribution >= 4 is 32.8 Å². The average Bonchev–Trinajstić information content (AvgIpc) is 3.34. The first-order valence-corrected chi connectivity index (χ1v) is 10.1. The number of hydrogen-bond donors (Lipinski definition) is 2. The van der Waals surface area contributed by atoms with Gasteiger partial charge >= 0.3 is 0 Å². The van der Waals surface area contributed by atoms with Crippen molar-refractivity contribution in [3.05, 3.63) is 59.3 Å². The molecule has 0 amide bonds. The number of benzene rings is 1. The van der Waals surface area contributed by atoms with Crippen LogP contribution in [0, 0.1) is 5.95 Å². The average molecular weight is 434 g/mol. The number of fused-ring (bicyclic) bond motifs is 1. The minimum Gasteiger partial charge on any atom is -0.760 e. The molecule has 4 rings (SSSR count). The van der Waals surface area contributed by atoms with Gasteiger partial charge in [0.1, 0.15) is 5.01 Å². The van der Waals surface area contributed by atoms with Crippen molar-refractivity contribution in [1.82, 2.24) is 24.9 Å². The molecule has 4 aromatic rings. The second kappa shape index (κ2) is 7.65. The van der Waals surface area contributed by atoms with Gasteiger partial charge in [0.2, 0.25) is 11.8 Å². The summed E-state index contributed by atoms with van der Waals surface area (Å²) in [5.74, 6) is -0.647. The Kier molecular flexibility index (Phi) is 5.19. The smallest absolute Gasteiger partial charge is 0.254 e. The van der Waals surface area contributed by atoms with Crippen LogP contribution in [-0.2, 0) is 23.4 Å². The summed E-state index contributed by atoms with van der Waals surface area (Å²) in [6, 6.07) is 8.40. The molecule has 150 valence electrons. The maximum atomic E-state index is 13.0. The van der Waals surface area contributed by atoms with Crippen LogP contribution in [0.15, 0.2) is 40.9 Å². The zero-order valence-corrected chi connectivity index (χ0v) is 16.5. The third-order valence-corrected chi connectivity index (χ3v) is 5.70. The number of aliphatic hydroxyl groups is 1. The summed E-state index contributed by atoms with van der Waals surface area (Å²) in [7, 11) is 0. The highest BCUT2D eigenvalue weighted by Gasteiger charge is 2.35. The van der Waals surface area contributed by atoms with Crippen molar-refractivity contribution in [2.45, 2.75) is 19.1 Å². The first-order chi connectivity index (χ1) is 13.8. The Morgan fingerprint density at radius 1 is 1.31 bits per heavy atom. The number of hydrogen-bond acceptors (Lipinski definition) is 9. The zero-order chi connectivity index (χ0) is 20.6. The summed E-state index contributed by atoms with van der Waals surface area (Å²) in [5.41, 5.74) is 0.576. The summed E-state index contributed by atoms with van der Waals surface area (Å²) >= 11 is -1.23. The Morgan fingerprint density at radius 2 is 2.10 bits per heavy atom. The van der Waals surface area contributed by atoms with Crippen LogP contribution in [0.2, 0.25) is 0 Å². The Morgan fingerprint density at radius 3 is 2.83 bits per heavy atom. The number of nitrogens with zero attached hydrogens (tertiary/aromatic N) is 4. The maximum Gasteiger partial charge on any atom is 0.254 e. The molecule has 0 bridgehead atoms. The van der Waals surface area contributed by atoms with Crippen LogP contribution in [-0.4, -0.2) is 34.0 Å². The minimum absolute atomic E-state index is 0.0108. The quantitative estimate of drug-likeness (QED) is 0.347. The van der Waals surface area contributed by atoms with Gasteiger partial charge in [0, 0.05) is 23.0 Å². The molecule has 3 aromatic heterocycles. The third kappa shape index (κ3) is 4.06. The van der Waals surface area contributed by atoms with Gasteiger partial charge in [-0.15, -0.1) is 21.5 Å². The van der Waals surface area contributed by atoms with Crippen molar-refractivity contribution in [2.75, 3.05) is 0 Å². The zero-order valence-electron chi connectivity index (χ0n) is 14.8. The van der Waals surface area contributed by atoms with Crippen molar-refractivity contribution in [1.29, 1.82) is 0 Å². The molecule has 0 saturated carbocycles. The Balaban J connectivity index is 1.64. The number of aromatic nitrogens is 4. The van der Waals surface area contributed by atoms with Gasteiger partial charge in [-0.2, -0.15) is 4.39 Å². The van der Waals surface area contributed by atoms with Crippen LogP contribution in [0.3, 0.4) is 0 Å². The lowest BCUT2D eigenvalue weighted by molar-refractivity contribution is 0.0692. The van der Waals surface area contributed by atoms with Crippen LogP contribution < -0.4 is 4.72 Å². The van der Waals surface area contributed by atoms with E-state index in [1.54, 1.807) is 12.1 Å². The molecular formula is C17H13FN5O4S2-. The van der Waals surface area contributed by atoms with Crippen LogP contribution in [0.5, 0.6) is 0 Å². The first-order valence-electron chi connectivity index (χ1n) is 8.24. The molecule has 1 aromatic carbocycles. The monoisotopic (exact) mass is 434 g/mol. The lowest BCUT2D eigenvalue weighted by atomic mass is 10.1. The van der Waals surface area contributed by atoms with Gasteiger partial charge in [0.15, 0.2) is 5.60 Å². The topological polar surface area (TPSA) is 137 Å². The van der Waals surface area contributed by atoms with Crippen LogP contribution in [0.25, 0.3) is 21.3 Å². The van der Waals surface area contributed by atoms with Gasteiger partial charge in [-0.3, -0.25) is 4.21 Å². The predicted molar refractivity (Wildman–Crippen MR) is 102 cm³/mol. The fraction of sp³-hybridized carbons (Fsp3) is 0.176. The molecule has 9 nitrogen and oxygen atoms in total. The van der Waals surface area contributed by atoms with E-state index >= 15 is 0 Å². The van der Waals surface area contributed by atoms with Crippen LogP contribution >= 0.6 is 11.3 Å². The molecular weight excluding hydrogens is 421 g/mol. The highest BCUT2D eigenvalue weighted by Crippen LogP contribution is 2.35. The number of pyridine rings is 1. The van der Waals surface area contributed by atoms with E-state index in [1.807, 2.05) is 12.1 Å². The van der Waals surface area contributed by atoms with Gasteiger partial charge in [-0.1, -0.05) is 6.07 Å². The molecule has 29 heavy (non-hydrogen) atoms. The van der Waals surface area contributed by atoms with Gasteiger partial charge in [0.05, 0.1) is 16.8 Å². The molecule has 2 atom stereocenters. The number of nitrogens with one attached hydrogen (secondary N) is 1. The molecule has 0 aliphatic carbocycles. The van der Waals surface area contributed by atoms with Crippen molar-refractivity contribution in [3.8, 4) is 11.1 Å². The summed E-state index contributed by atoms with van der Waals surface area (Å²) in [6.45, 7) is 1.28. The first kappa shape index (κ1) is 19.7.